The number of benzene rings is 1. The van der Waals surface area contributed by atoms with Gasteiger partial charge in [0.15, 0.2) is 0 Å². The highest BCUT2D eigenvalue weighted by Crippen LogP contribution is 2.16. The van der Waals surface area contributed by atoms with Gasteiger partial charge in [-0.05, 0) is 31.4 Å². The molecule has 0 fully saturated rings. The van der Waals surface area contributed by atoms with Crippen molar-refractivity contribution in [3.05, 3.63) is 46.8 Å². The number of hydrogen-bond donors (Lipinski definition) is 2. The number of nitrogens with zero attached hydrogens (tertiary/aromatic N) is 3. The molecule has 0 spiro atoms. The van der Waals surface area contributed by atoms with Crippen LogP contribution < -0.4 is 10.6 Å². The second kappa shape index (κ2) is 5.57. The first-order chi connectivity index (χ1) is 10.1. The maximum absolute atomic E-state index is 12.3. The molecule has 1 aliphatic rings. The molecule has 2 N–H and O–H groups in total. The highest BCUT2D eigenvalue weighted by atomic mass is 16.2. The Hall–Kier alpha value is -2.34. The molecule has 2 aromatic rings. The van der Waals surface area contributed by atoms with E-state index in [2.05, 4.69) is 37.9 Å². The van der Waals surface area contributed by atoms with Gasteiger partial charge in [0.25, 0.3) is 0 Å². The lowest BCUT2D eigenvalue weighted by molar-refractivity contribution is -0.118. The fourth-order valence-corrected chi connectivity index (χ4v) is 2.35. The third-order valence-electron chi connectivity index (χ3n) is 3.72. The summed E-state index contributed by atoms with van der Waals surface area (Å²) in [7, 11) is 0. The summed E-state index contributed by atoms with van der Waals surface area (Å²) in [6.07, 6.45) is 0.667. The van der Waals surface area contributed by atoms with Crippen LogP contribution >= 0.6 is 0 Å². The van der Waals surface area contributed by atoms with Gasteiger partial charge in [-0.3, -0.25) is 10.1 Å². The lowest BCUT2D eigenvalue weighted by atomic mass is 9.95. The van der Waals surface area contributed by atoms with Crippen molar-refractivity contribution in [3.8, 4) is 0 Å². The van der Waals surface area contributed by atoms with Gasteiger partial charge in [0.1, 0.15) is 0 Å². The summed E-state index contributed by atoms with van der Waals surface area (Å²) in [5, 5.41) is 13.8. The molecule has 0 bridgehead atoms. The Labute approximate surface area is 123 Å². The Morgan fingerprint density at radius 2 is 1.95 bits per heavy atom. The SMILES string of the molecule is Cc1nnc(NC(=O)[C@H]2Cc3ccccc3CN2)nc1C. The highest BCUT2D eigenvalue weighted by Gasteiger charge is 2.24. The van der Waals surface area contributed by atoms with Crippen LogP contribution in [0.25, 0.3) is 0 Å². The molecule has 0 unspecified atom stereocenters. The van der Waals surface area contributed by atoms with E-state index in [1.807, 2.05) is 26.0 Å². The number of aromatic nitrogens is 3. The van der Waals surface area contributed by atoms with Gasteiger partial charge >= 0.3 is 0 Å². The number of anilines is 1. The number of hydrogen-bond acceptors (Lipinski definition) is 5. The summed E-state index contributed by atoms with van der Waals surface area (Å²) >= 11 is 0. The van der Waals surface area contributed by atoms with Crippen LogP contribution in [-0.4, -0.2) is 27.1 Å². The second-order valence-corrected chi connectivity index (χ2v) is 5.20. The van der Waals surface area contributed by atoms with E-state index >= 15 is 0 Å². The van der Waals surface area contributed by atoms with E-state index in [-0.39, 0.29) is 17.9 Å². The smallest absolute Gasteiger partial charge is 0.249 e. The van der Waals surface area contributed by atoms with Crippen LogP contribution in [0, 0.1) is 13.8 Å². The third kappa shape index (κ3) is 2.90. The lowest BCUT2D eigenvalue weighted by Crippen LogP contribution is -2.45. The zero-order valence-corrected chi connectivity index (χ0v) is 12.1. The van der Waals surface area contributed by atoms with Crippen molar-refractivity contribution < 1.29 is 4.79 Å². The third-order valence-corrected chi connectivity index (χ3v) is 3.72. The first-order valence-corrected chi connectivity index (χ1v) is 6.92. The van der Waals surface area contributed by atoms with Crippen molar-refractivity contribution in [1.29, 1.82) is 0 Å². The number of aryl methyl sites for hydroxylation is 2. The molecule has 3 rings (SSSR count). The molecule has 0 aliphatic carbocycles. The van der Waals surface area contributed by atoms with E-state index in [1.54, 1.807) is 0 Å². The van der Waals surface area contributed by atoms with Gasteiger partial charge in [0, 0.05) is 6.54 Å². The molecule has 1 aromatic heterocycles. The molecule has 0 saturated carbocycles. The Morgan fingerprint density at radius 1 is 1.19 bits per heavy atom. The molecule has 0 saturated heterocycles. The average molecular weight is 283 g/mol. The molecule has 1 aliphatic heterocycles. The topological polar surface area (TPSA) is 79.8 Å². The molecule has 108 valence electrons. The first kappa shape index (κ1) is 13.6. The minimum atomic E-state index is -0.273. The summed E-state index contributed by atoms with van der Waals surface area (Å²) < 4.78 is 0. The molecule has 0 radical (unpaired) electrons. The zero-order valence-electron chi connectivity index (χ0n) is 12.1. The van der Waals surface area contributed by atoms with Gasteiger partial charge in [-0.2, -0.15) is 5.10 Å². The van der Waals surface area contributed by atoms with Crippen LogP contribution in [0.1, 0.15) is 22.5 Å². The molecule has 1 amide bonds. The van der Waals surface area contributed by atoms with Gasteiger partial charge in [0.05, 0.1) is 17.4 Å². The predicted octanol–water partition coefficient (Wildman–Crippen LogP) is 1.14. The summed E-state index contributed by atoms with van der Waals surface area (Å²) in [6.45, 7) is 4.37. The number of nitrogens with one attached hydrogen (secondary N) is 2. The van der Waals surface area contributed by atoms with Crippen LogP contribution in [0.2, 0.25) is 0 Å². The van der Waals surface area contributed by atoms with Gasteiger partial charge in [0.2, 0.25) is 11.9 Å². The molecule has 6 nitrogen and oxygen atoms in total. The Bertz CT molecular complexity index is 686. The standard InChI is InChI=1S/C15H17N5O/c1-9-10(2)19-20-15(17-9)18-14(21)13-7-11-5-3-4-6-12(11)8-16-13/h3-6,13,16H,7-8H2,1-2H3,(H,17,18,20,21)/t13-/m1/s1. The van der Waals surface area contributed by atoms with Crippen molar-refractivity contribution in [2.24, 2.45) is 0 Å². The fourth-order valence-electron chi connectivity index (χ4n) is 2.35. The first-order valence-electron chi connectivity index (χ1n) is 6.92. The Kier molecular flexibility index (Phi) is 3.62. The lowest BCUT2D eigenvalue weighted by Gasteiger charge is -2.24. The normalized spacial score (nSPS) is 17.1. The van der Waals surface area contributed by atoms with E-state index in [4.69, 9.17) is 0 Å². The Morgan fingerprint density at radius 3 is 2.71 bits per heavy atom. The summed E-state index contributed by atoms with van der Waals surface area (Å²) in [6, 6.07) is 7.87. The van der Waals surface area contributed by atoms with Gasteiger partial charge in [-0.15, -0.1) is 5.10 Å². The maximum atomic E-state index is 12.3. The molecular weight excluding hydrogens is 266 g/mol. The van der Waals surface area contributed by atoms with Crippen LogP contribution in [-0.2, 0) is 17.8 Å². The highest BCUT2D eigenvalue weighted by molar-refractivity contribution is 5.93. The fraction of sp³-hybridized carbons (Fsp3) is 0.333. The minimum absolute atomic E-state index is 0.130. The van der Waals surface area contributed by atoms with Crippen molar-refractivity contribution in [3.63, 3.8) is 0 Å². The number of rotatable bonds is 2. The molecule has 1 aromatic carbocycles. The van der Waals surface area contributed by atoms with Crippen molar-refractivity contribution >= 4 is 11.9 Å². The molecule has 2 heterocycles. The molecule has 1 atom stereocenters. The van der Waals surface area contributed by atoms with Gasteiger partial charge in [-0.1, -0.05) is 24.3 Å². The summed E-state index contributed by atoms with van der Waals surface area (Å²) in [5.41, 5.74) is 3.97. The second-order valence-electron chi connectivity index (χ2n) is 5.20. The number of amides is 1. The quantitative estimate of drug-likeness (QED) is 0.864. The Balaban J connectivity index is 1.70. The van der Waals surface area contributed by atoms with Gasteiger partial charge in [-0.25, -0.2) is 4.98 Å². The van der Waals surface area contributed by atoms with Gasteiger partial charge < -0.3 is 5.32 Å². The van der Waals surface area contributed by atoms with Crippen molar-refractivity contribution in [2.75, 3.05) is 5.32 Å². The number of carbonyl (C=O) groups excluding carboxylic acids is 1. The summed E-state index contributed by atoms with van der Waals surface area (Å²) in [4.78, 5) is 16.5. The van der Waals surface area contributed by atoms with E-state index in [0.717, 1.165) is 11.4 Å². The largest absolute Gasteiger partial charge is 0.301 e. The summed E-state index contributed by atoms with van der Waals surface area (Å²) in [5.74, 6) is 0.123. The van der Waals surface area contributed by atoms with E-state index in [9.17, 15) is 4.79 Å². The monoisotopic (exact) mass is 283 g/mol. The van der Waals surface area contributed by atoms with E-state index in [0.29, 0.717) is 13.0 Å². The minimum Gasteiger partial charge on any atom is -0.301 e. The molecular formula is C15H17N5O. The van der Waals surface area contributed by atoms with Crippen molar-refractivity contribution in [1.82, 2.24) is 20.5 Å². The van der Waals surface area contributed by atoms with Crippen LogP contribution in [0.3, 0.4) is 0 Å². The number of carbonyl (C=O) groups is 1. The zero-order chi connectivity index (χ0) is 14.8. The van der Waals surface area contributed by atoms with Crippen LogP contribution in [0.5, 0.6) is 0 Å². The number of fused-ring (bicyclic) bond motifs is 1. The predicted molar refractivity (Wildman–Crippen MR) is 78.7 cm³/mol. The maximum Gasteiger partial charge on any atom is 0.249 e. The van der Waals surface area contributed by atoms with E-state index in [1.165, 1.54) is 11.1 Å². The van der Waals surface area contributed by atoms with Crippen LogP contribution in [0.15, 0.2) is 24.3 Å². The molecule has 6 heteroatoms. The average Bonchev–Trinajstić information content (AvgIpc) is 2.50. The molecule has 21 heavy (non-hydrogen) atoms. The van der Waals surface area contributed by atoms with E-state index < -0.39 is 0 Å². The van der Waals surface area contributed by atoms with Crippen molar-refractivity contribution in [2.45, 2.75) is 32.9 Å². The van der Waals surface area contributed by atoms with Crippen LogP contribution in [0.4, 0.5) is 5.95 Å².